The van der Waals surface area contributed by atoms with Crippen LogP contribution < -0.4 is 10.4 Å². The summed E-state index contributed by atoms with van der Waals surface area (Å²) in [5.74, 6) is 0.459. The van der Waals surface area contributed by atoms with Gasteiger partial charge in [0.2, 0.25) is 0 Å². The number of benzene rings is 2. The van der Waals surface area contributed by atoms with Crippen LogP contribution in [0.15, 0.2) is 65.8 Å². The van der Waals surface area contributed by atoms with Crippen LogP contribution in [0.2, 0.25) is 10.0 Å². The minimum Gasteiger partial charge on any atom is -0.497 e. The van der Waals surface area contributed by atoms with Crippen LogP contribution in [-0.2, 0) is 13.1 Å². The largest absolute Gasteiger partial charge is 0.497 e. The molecular weight excluding hydrogens is 475 g/mol. The number of ether oxygens (including phenoxy) is 1. The number of carbonyl (C=O) groups excluding carboxylic acids is 1. The van der Waals surface area contributed by atoms with Crippen molar-refractivity contribution in [1.29, 1.82) is 0 Å². The van der Waals surface area contributed by atoms with Gasteiger partial charge in [-0.2, -0.15) is 0 Å². The fraction of sp³-hybridized carbons (Fsp3) is 0.160. The molecule has 0 radical (unpaired) electrons. The Hall–Kier alpha value is -3.55. The number of aryl methyl sites for hydroxylation is 1. The highest BCUT2D eigenvalue weighted by Crippen LogP contribution is 2.28. The lowest BCUT2D eigenvalue weighted by Crippen LogP contribution is -2.28. The van der Waals surface area contributed by atoms with E-state index >= 15 is 0 Å². The summed E-state index contributed by atoms with van der Waals surface area (Å²) in [4.78, 5) is 30.8. The van der Waals surface area contributed by atoms with Crippen LogP contribution in [0, 0.1) is 0 Å². The van der Waals surface area contributed by atoms with E-state index in [0.29, 0.717) is 33.5 Å². The molecule has 3 aromatic heterocycles. The number of hydrogen-bond donors (Lipinski definition) is 0. The zero-order valence-corrected chi connectivity index (χ0v) is 20.0. The van der Waals surface area contributed by atoms with Crippen molar-refractivity contribution in [2.75, 3.05) is 7.11 Å². The minimum absolute atomic E-state index is 0.143. The van der Waals surface area contributed by atoms with Crippen molar-refractivity contribution in [3.8, 4) is 16.9 Å². The van der Waals surface area contributed by atoms with Gasteiger partial charge in [0.15, 0.2) is 5.65 Å². The average molecular weight is 495 g/mol. The SMILES string of the molecule is CCn1c(=O)n(CC(=O)n2cc3ccc(OC)cc3c2)c2ncc(-c3cc(Cl)cc(Cl)c3)cc21. The van der Waals surface area contributed by atoms with Gasteiger partial charge in [-0.1, -0.05) is 23.2 Å². The molecule has 0 spiro atoms. The third-order valence-corrected chi connectivity index (χ3v) is 6.24. The second kappa shape index (κ2) is 8.66. The Labute approximate surface area is 204 Å². The van der Waals surface area contributed by atoms with Crippen LogP contribution in [-0.4, -0.2) is 31.7 Å². The zero-order valence-electron chi connectivity index (χ0n) is 18.5. The highest BCUT2D eigenvalue weighted by atomic mass is 35.5. The van der Waals surface area contributed by atoms with Crippen molar-refractivity contribution >= 4 is 51.0 Å². The molecule has 9 heteroatoms. The molecule has 0 aliphatic rings. The Morgan fingerprint density at radius 2 is 1.71 bits per heavy atom. The summed E-state index contributed by atoms with van der Waals surface area (Å²) < 4.78 is 9.75. The lowest BCUT2D eigenvalue weighted by Gasteiger charge is -2.06. The Balaban J connectivity index is 1.55. The first kappa shape index (κ1) is 22.3. The summed E-state index contributed by atoms with van der Waals surface area (Å²) in [6.45, 7) is 2.17. The van der Waals surface area contributed by atoms with Gasteiger partial charge < -0.3 is 4.74 Å². The van der Waals surface area contributed by atoms with E-state index in [4.69, 9.17) is 27.9 Å². The summed E-state index contributed by atoms with van der Waals surface area (Å²) in [5.41, 5.74) is 2.35. The molecule has 7 nitrogen and oxygen atoms in total. The van der Waals surface area contributed by atoms with E-state index in [9.17, 15) is 9.59 Å². The number of carbonyl (C=O) groups is 1. The van der Waals surface area contributed by atoms with E-state index in [1.807, 2.05) is 31.2 Å². The summed E-state index contributed by atoms with van der Waals surface area (Å²) >= 11 is 12.3. The highest BCUT2D eigenvalue weighted by molar-refractivity contribution is 6.35. The monoisotopic (exact) mass is 494 g/mol. The third-order valence-electron chi connectivity index (χ3n) is 5.80. The number of aromatic nitrogens is 4. The van der Waals surface area contributed by atoms with E-state index in [1.54, 1.807) is 48.5 Å². The number of nitrogens with zero attached hydrogens (tertiary/aromatic N) is 4. The van der Waals surface area contributed by atoms with E-state index < -0.39 is 0 Å². The number of fused-ring (bicyclic) bond motifs is 2. The van der Waals surface area contributed by atoms with Crippen LogP contribution in [0.4, 0.5) is 0 Å². The standard InChI is InChI=1S/C25H20Cl2N4O3/c1-3-30-22-9-17(16-6-19(26)10-20(27)7-16)11-28-24(22)31(25(30)33)14-23(32)29-12-15-4-5-21(34-2)8-18(15)13-29/h4-13H,3,14H2,1-2H3. The van der Waals surface area contributed by atoms with Crippen molar-refractivity contribution < 1.29 is 9.53 Å². The van der Waals surface area contributed by atoms with Gasteiger partial charge in [0.1, 0.15) is 12.3 Å². The summed E-state index contributed by atoms with van der Waals surface area (Å²) in [6.07, 6.45) is 5.13. The number of methoxy groups -OCH3 is 1. The Bertz CT molecular complexity index is 1610. The molecular formula is C25H20Cl2N4O3. The van der Waals surface area contributed by atoms with Gasteiger partial charge >= 0.3 is 5.69 Å². The molecule has 0 saturated heterocycles. The number of rotatable bonds is 5. The molecule has 0 aliphatic carbocycles. The summed E-state index contributed by atoms with van der Waals surface area (Å²) in [7, 11) is 1.60. The molecule has 0 fully saturated rings. The van der Waals surface area contributed by atoms with Crippen LogP contribution >= 0.6 is 23.2 Å². The molecule has 172 valence electrons. The first-order valence-corrected chi connectivity index (χ1v) is 11.4. The van der Waals surface area contributed by atoms with Gasteiger partial charge in [-0.15, -0.1) is 0 Å². The van der Waals surface area contributed by atoms with Crippen molar-refractivity contribution in [2.24, 2.45) is 0 Å². The van der Waals surface area contributed by atoms with Gasteiger partial charge in [-0.3, -0.25) is 18.5 Å². The molecule has 34 heavy (non-hydrogen) atoms. The fourth-order valence-corrected chi connectivity index (χ4v) is 4.65. The maximum Gasteiger partial charge on any atom is 0.330 e. The van der Waals surface area contributed by atoms with Gasteiger partial charge in [-0.25, -0.2) is 9.78 Å². The normalized spacial score (nSPS) is 11.4. The van der Waals surface area contributed by atoms with E-state index in [2.05, 4.69) is 4.98 Å². The quantitative estimate of drug-likeness (QED) is 0.323. The van der Waals surface area contributed by atoms with Crippen molar-refractivity contribution in [1.82, 2.24) is 18.7 Å². The van der Waals surface area contributed by atoms with Gasteiger partial charge in [-0.05, 0) is 55.0 Å². The van der Waals surface area contributed by atoms with Crippen LogP contribution in [0.25, 0.3) is 33.1 Å². The third kappa shape index (κ3) is 3.87. The highest BCUT2D eigenvalue weighted by Gasteiger charge is 2.18. The molecule has 0 N–H and O–H groups in total. The predicted octanol–water partition coefficient (Wildman–Crippen LogP) is 5.50. The first-order chi connectivity index (χ1) is 16.4. The molecule has 2 aromatic carbocycles. The lowest BCUT2D eigenvalue weighted by atomic mass is 10.1. The Morgan fingerprint density at radius 1 is 0.971 bits per heavy atom. The first-order valence-electron chi connectivity index (χ1n) is 10.6. The van der Waals surface area contributed by atoms with Crippen LogP contribution in [0.5, 0.6) is 5.75 Å². The van der Waals surface area contributed by atoms with Crippen LogP contribution in [0.3, 0.4) is 0 Å². The maximum absolute atomic E-state index is 13.2. The lowest BCUT2D eigenvalue weighted by molar-refractivity contribution is 0.0891. The molecule has 5 aromatic rings. The second-order valence-corrected chi connectivity index (χ2v) is 8.76. The number of imidazole rings is 1. The smallest absolute Gasteiger partial charge is 0.330 e. The molecule has 3 heterocycles. The van der Waals surface area contributed by atoms with E-state index in [0.717, 1.165) is 21.9 Å². The molecule has 0 saturated carbocycles. The molecule has 0 aliphatic heterocycles. The molecule has 0 amide bonds. The Kier molecular flexibility index (Phi) is 5.67. The summed E-state index contributed by atoms with van der Waals surface area (Å²) in [5, 5.41) is 2.80. The number of pyridine rings is 1. The van der Waals surface area contributed by atoms with E-state index in [1.165, 1.54) is 9.13 Å². The molecule has 0 unspecified atom stereocenters. The number of halogens is 2. The van der Waals surface area contributed by atoms with E-state index in [-0.39, 0.29) is 18.1 Å². The van der Waals surface area contributed by atoms with Gasteiger partial charge in [0, 0.05) is 51.5 Å². The number of hydrogen-bond acceptors (Lipinski definition) is 4. The van der Waals surface area contributed by atoms with Gasteiger partial charge in [0.25, 0.3) is 5.91 Å². The van der Waals surface area contributed by atoms with Crippen LogP contribution in [0.1, 0.15) is 11.7 Å². The maximum atomic E-state index is 13.2. The van der Waals surface area contributed by atoms with Crippen molar-refractivity contribution in [3.63, 3.8) is 0 Å². The van der Waals surface area contributed by atoms with Crippen molar-refractivity contribution in [2.45, 2.75) is 20.0 Å². The zero-order chi connectivity index (χ0) is 24.0. The minimum atomic E-state index is -0.294. The Morgan fingerprint density at radius 3 is 2.41 bits per heavy atom. The molecule has 0 bridgehead atoms. The van der Waals surface area contributed by atoms with Crippen molar-refractivity contribution in [3.05, 3.63) is 81.6 Å². The fourth-order valence-electron chi connectivity index (χ4n) is 4.13. The molecule has 0 atom stereocenters. The van der Waals surface area contributed by atoms with Gasteiger partial charge in [0.05, 0.1) is 12.6 Å². The average Bonchev–Trinajstić information content (AvgIpc) is 3.36. The predicted molar refractivity (Wildman–Crippen MR) is 134 cm³/mol. The summed E-state index contributed by atoms with van der Waals surface area (Å²) in [6, 6.07) is 12.7. The molecule has 5 rings (SSSR count). The topological polar surface area (TPSA) is 71.0 Å². The second-order valence-electron chi connectivity index (χ2n) is 7.89.